The van der Waals surface area contributed by atoms with Gasteiger partial charge in [-0.3, -0.25) is 0 Å². The van der Waals surface area contributed by atoms with E-state index in [2.05, 4.69) is 0 Å². The Labute approximate surface area is 116 Å². The zero-order valence-corrected chi connectivity index (χ0v) is 12.3. The molecule has 1 amide bonds. The molecular weight excluding hydrogens is 252 g/mol. The summed E-state index contributed by atoms with van der Waals surface area (Å²) in [5.41, 5.74) is 5.42. The van der Waals surface area contributed by atoms with Crippen molar-refractivity contribution in [1.82, 2.24) is 4.90 Å². The van der Waals surface area contributed by atoms with Crippen molar-refractivity contribution in [3.05, 3.63) is 0 Å². The van der Waals surface area contributed by atoms with E-state index in [0.717, 1.165) is 13.0 Å². The lowest BCUT2D eigenvalue weighted by molar-refractivity contribution is 0.0204. The Balaban J connectivity index is 0.00000162. The highest BCUT2D eigenvalue weighted by molar-refractivity contribution is 5.85. The predicted molar refractivity (Wildman–Crippen MR) is 73.9 cm³/mol. The number of rotatable bonds is 1. The lowest BCUT2D eigenvalue weighted by Crippen LogP contribution is -2.42. The molecule has 2 aliphatic rings. The number of amides is 1. The first-order valence-corrected chi connectivity index (χ1v) is 6.62. The van der Waals surface area contributed by atoms with Gasteiger partial charge in [-0.2, -0.15) is 0 Å². The third-order valence-corrected chi connectivity index (χ3v) is 3.91. The quantitative estimate of drug-likeness (QED) is 0.800. The topological polar surface area (TPSA) is 55.6 Å². The average Bonchev–Trinajstić information content (AvgIpc) is 2.41. The summed E-state index contributed by atoms with van der Waals surface area (Å²) in [6.07, 6.45) is 3.34. The second-order valence-electron chi connectivity index (χ2n) is 6.29. The monoisotopic (exact) mass is 276 g/mol. The van der Waals surface area contributed by atoms with E-state index in [9.17, 15) is 4.79 Å². The maximum atomic E-state index is 12.1. The molecule has 0 aromatic carbocycles. The molecule has 0 aromatic heterocycles. The van der Waals surface area contributed by atoms with Gasteiger partial charge in [0.15, 0.2) is 0 Å². The molecule has 1 aliphatic carbocycles. The summed E-state index contributed by atoms with van der Waals surface area (Å²) in [7, 11) is 0. The molecule has 0 aromatic rings. The van der Waals surface area contributed by atoms with E-state index in [1.165, 1.54) is 12.8 Å². The number of carbonyl (C=O) groups excluding carboxylic acids is 1. The molecular formula is C13H25ClN2O2. The number of hydrogen-bond acceptors (Lipinski definition) is 3. The Hall–Kier alpha value is -0.480. The largest absolute Gasteiger partial charge is 0.444 e. The Kier molecular flexibility index (Phi) is 4.90. The molecule has 106 valence electrons. The summed E-state index contributed by atoms with van der Waals surface area (Å²) in [4.78, 5) is 14.0. The molecule has 1 saturated carbocycles. The lowest BCUT2D eigenvalue weighted by Gasteiger charge is -2.32. The van der Waals surface area contributed by atoms with Crippen molar-refractivity contribution in [3.8, 4) is 0 Å². The number of ether oxygens (including phenoxy) is 1. The molecule has 1 saturated heterocycles. The number of fused-ring (bicyclic) bond motifs is 2. The summed E-state index contributed by atoms with van der Waals surface area (Å²) in [6, 6.07) is 0.314. The molecule has 0 spiro atoms. The standard InChI is InChI=1S/C13H24N2O2.ClH/c1-13(2,3)17-12(16)15-8-9-5-4-6-11(15)10(9)7-14;/h9-11H,4-8,14H2,1-3H3;1H. The molecule has 2 fully saturated rings. The van der Waals surface area contributed by atoms with Gasteiger partial charge in [-0.15, -0.1) is 12.4 Å². The molecule has 1 aliphatic heterocycles. The van der Waals surface area contributed by atoms with Crippen LogP contribution in [0.15, 0.2) is 0 Å². The Morgan fingerprint density at radius 3 is 2.56 bits per heavy atom. The molecule has 1 heterocycles. The van der Waals surface area contributed by atoms with Gasteiger partial charge in [0, 0.05) is 12.6 Å². The van der Waals surface area contributed by atoms with Crippen LogP contribution in [-0.2, 0) is 4.74 Å². The van der Waals surface area contributed by atoms with Crippen LogP contribution in [0.4, 0.5) is 4.79 Å². The fraction of sp³-hybridized carbons (Fsp3) is 0.923. The van der Waals surface area contributed by atoms with Crippen molar-refractivity contribution in [2.75, 3.05) is 13.1 Å². The SMILES string of the molecule is CC(C)(C)OC(=O)N1CC2CCCC1C2CN.Cl. The highest BCUT2D eigenvalue weighted by atomic mass is 35.5. The van der Waals surface area contributed by atoms with Gasteiger partial charge in [0.05, 0.1) is 0 Å². The smallest absolute Gasteiger partial charge is 0.410 e. The second-order valence-corrected chi connectivity index (χ2v) is 6.29. The van der Waals surface area contributed by atoms with Gasteiger partial charge in [0.25, 0.3) is 0 Å². The van der Waals surface area contributed by atoms with Crippen LogP contribution < -0.4 is 5.73 Å². The zero-order chi connectivity index (χ0) is 12.6. The van der Waals surface area contributed by atoms with E-state index in [1.54, 1.807) is 0 Å². The van der Waals surface area contributed by atoms with Gasteiger partial charge in [-0.1, -0.05) is 6.42 Å². The maximum Gasteiger partial charge on any atom is 0.410 e. The van der Waals surface area contributed by atoms with Crippen LogP contribution in [0, 0.1) is 11.8 Å². The van der Waals surface area contributed by atoms with Crippen molar-refractivity contribution in [2.45, 2.75) is 51.7 Å². The molecule has 0 radical (unpaired) electrons. The van der Waals surface area contributed by atoms with Crippen molar-refractivity contribution in [2.24, 2.45) is 17.6 Å². The number of likely N-dealkylation sites (tertiary alicyclic amines) is 1. The second kappa shape index (κ2) is 5.66. The molecule has 4 nitrogen and oxygen atoms in total. The summed E-state index contributed by atoms with van der Waals surface area (Å²) in [5.74, 6) is 1.07. The first-order valence-electron chi connectivity index (χ1n) is 6.62. The van der Waals surface area contributed by atoms with E-state index < -0.39 is 5.60 Å². The molecule has 18 heavy (non-hydrogen) atoms. The highest BCUT2D eigenvalue weighted by Gasteiger charge is 2.46. The van der Waals surface area contributed by atoms with Gasteiger partial charge in [0.2, 0.25) is 0 Å². The van der Waals surface area contributed by atoms with Crippen LogP contribution in [0.1, 0.15) is 40.0 Å². The lowest BCUT2D eigenvalue weighted by atomic mass is 9.80. The van der Waals surface area contributed by atoms with Gasteiger partial charge < -0.3 is 15.4 Å². The van der Waals surface area contributed by atoms with Crippen molar-refractivity contribution in [1.29, 1.82) is 0 Å². The Morgan fingerprint density at radius 2 is 2.06 bits per heavy atom. The minimum atomic E-state index is -0.411. The third-order valence-electron chi connectivity index (χ3n) is 3.91. The maximum absolute atomic E-state index is 12.1. The molecule has 3 atom stereocenters. The number of hydrogen-bond donors (Lipinski definition) is 1. The van der Waals surface area contributed by atoms with Gasteiger partial charge >= 0.3 is 6.09 Å². The Bertz CT molecular complexity index is 304. The van der Waals surface area contributed by atoms with E-state index in [4.69, 9.17) is 10.5 Å². The van der Waals surface area contributed by atoms with Crippen LogP contribution in [0.3, 0.4) is 0 Å². The summed E-state index contributed by atoms with van der Waals surface area (Å²) in [6.45, 7) is 7.25. The number of halogens is 1. The number of carbonyl (C=O) groups is 1. The molecule has 3 unspecified atom stereocenters. The van der Waals surface area contributed by atoms with Crippen molar-refractivity contribution in [3.63, 3.8) is 0 Å². The van der Waals surface area contributed by atoms with Crippen LogP contribution in [0.5, 0.6) is 0 Å². The van der Waals surface area contributed by atoms with E-state index in [-0.39, 0.29) is 18.5 Å². The van der Waals surface area contributed by atoms with Crippen molar-refractivity contribution < 1.29 is 9.53 Å². The Morgan fingerprint density at radius 1 is 1.39 bits per heavy atom. The molecule has 2 rings (SSSR count). The van der Waals surface area contributed by atoms with E-state index in [1.807, 2.05) is 25.7 Å². The summed E-state index contributed by atoms with van der Waals surface area (Å²) in [5, 5.41) is 0. The van der Waals surface area contributed by atoms with Crippen LogP contribution in [0.25, 0.3) is 0 Å². The summed E-state index contributed by atoms with van der Waals surface area (Å²) >= 11 is 0. The molecule has 2 bridgehead atoms. The third kappa shape index (κ3) is 3.09. The van der Waals surface area contributed by atoms with Crippen LogP contribution in [0.2, 0.25) is 0 Å². The average molecular weight is 277 g/mol. The van der Waals surface area contributed by atoms with Gasteiger partial charge in [-0.25, -0.2) is 4.79 Å². The number of nitrogens with two attached hydrogens (primary N) is 1. The van der Waals surface area contributed by atoms with Crippen molar-refractivity contribution >= 4 is 18.5 Å². The highest BCUT2D eigenvalue weighted by Crippen LogP contribution is 2.40. The minimum Gasteiger partial charge on any atom is -0.444 e. The number of nitrogens with zero attached hydrogens (tertiary/aromatic N) is 1. The first kappa shape index (κ1) is 15.6. The van der Waals surface area contributed by atoms with Gasteiger partial charge in [-0.05, 0) is 52.0 Å². The zero-order valence-electron chi connectivity index (χ0n) is 11.5. The van der Waals surface area contributed by atoms with Crippen LogP contribution >= 0.6 is 12.4 Å². The fourth-order valence-electron chi connectivity index (χ4n) is 3.21. The minimum absolute atomic E-state index is 0. The summed E-state index contributed by atoms with van der Waals surface area (Å²) < 4.78 is 5.47. The first-order chi connectivity index (χ1) is 7.92. The molecule has 2 N–H and O–H groups in total. The van der Waals surface area contributed by atoms with E-state index in [0.29, 0.717) is 24.4 Å². The van der Waals surface area contributed by atoms with Crippen LogP contribution in [-0.4, -0.2) is 35.7 Å². The molecule has 5 heteroatoms. The normalized spacial score (nSPS) is 30.9. The predicted octanol–water partition coefficient (Wildman–Crippen LogP) is 2.40. The fourth-order valence-corrected chi connectivity index (χ4v) is 3.21. The van der Waals surface area contributed by atoms with E-state index >= 15 is 0 Å². The van der Waals surface area contributed by atoms with Gasteiger partial charge in [0.1, 0.15) is 5.60 Å².